The van der Waals surface area contributed by atoms with Gasteiger partial charge in [0.1, 0.15) is 18.0 Å². The Kier molecular flexibility index (Phi) is 7.50. The zero-order chi connectivity index (χ0) is 15.7. The molecule has 6 heteroatoms. The minimum absolute atomic E-state index is 0.153. The smallest absolute Gasteiger partial charge is 0.305 e. The molecule has 2 N–H and O–H groups in total. The third-order valence-electron chi connectivity index (χ3n) is 2.96. The molecule has 0 spiro atoms. The summed E-state index contributed by atoms with van der Waals surface area (Å²) < 4.78 is 4.90. The van der Waals surface area contributed by atoms with E-state index in [1.807, 2.05) is 13.8 Å². The normalized spacial score (nSPS) is 10.5. The number of ether oxygens (including phenoxy) is 1. The zero-order valence-corrected chi connectivity index (χ0v) is 13.4. The summed E-state index contributed by atoms with van der Waals surface area (Å²) in [5, 5.41) is 6.55. The topological polar surface area (TPSA) is 76.1 Å². The molecule has 0 amide bonds. The highest BCUT2D eigenvalue weighted by Gasteiger charge is 2.14. The van der Waals surface area contributed by atoms with Crippen LogP contribution in [0.5, 0.6) is 0 Å². The average molecular weight is 294 g/mol. The van der Waals surface area contributed by atoms with Gasteiger partial charge in [-0.25, -0.2) is 9.97 Å². The number of aromatic nitrogens is 2. The number of esters is 1. The van der Waals surface area contributed by atoms with Crippen LogP contribution < -0.4 is 10.6 Å². The molecule has 1 heterocycles. The molecule has 118 valence electrons. The summed E-state index contributed by atoms with van der Waals surface area (Å²) >= 11 is 0. The van der Waals surface area contributed by atoms with Crippen molar-refractivity contribution >= 4 is 17.6 Å². The number of anilines is 2. The molecule has 0 aromatic carbocycles. The molecule has 1 aromatic rings. The van der Waals surface area contributed by atoms with E-state index in [2.05, 4.69) is 34.4 Å². The van der Waals surface area contributed by atoms with Crippen LogP contribution in [0.25, 0.3) is 0 Å². The lowest BCUT2D eigenvalue weighted by Gasteiger charge is -2.17. The van der Waals surface area contributed by atoms with Crippen molar-refractivity contribution < 1.29 is 9.53 Å². The first-order valence-corrected chi connectivity index (χ1v) is 7.58. The predicted octanol–water partition coefficient (Wildman–Crippen LogP) is 2.79. The number of nitrogens with one attached hydrogen (secondary N) is 2. The van der Waals surface area contributed by atoms with Crippen LogP contribution >= 0.6 is 0 Å². The number of hydrogen-bond donors (Lipinski definition) is 2. The fraction of sp³-hybridized carbons (Fsp3) is 0.667. The molecule has 6 nitrogen and oxygen atoms in total. The standard InChI is InChI=1S/C15H26N4O2/c1-5-16-14-13(11(3)4)15(19-10-18-14)17-9-7-8-12(20)21-6-2/h10-11H,5-9H2,1-4H3,(H2,16,17,18,19). The Bertz CT molecular complexity index is 449. The summed E-state index contributed by atoms with van der Waals surface area (Å²) in [6.45, 7) is 10.0. The van der Waals surface area contributed by atoms with Crippen LogP contribution in [0, 0.1) is 0 Å². The second-order valence-electron chi connectivity index (χ2n) is 5.00. The Morgan fingerprint density at radius 1 is 1.24 bits per heavy atom. The maximum absolute atomic E-state index is 11.3. The van der Waals surface area contributed by atoms with Gasteiger partial charge in [-0.3, -0.25) is 4.79 Å². The highest BCUT2D eigenvalue weighted by atomic mass is 16.5. The van der Waals surface area contributed by atoms with Crippen LogP contribution in [0.1, 0.15) is 52.0 Å². The summed E-state index contributed by atoms with van der Waals surface area (Å²) in [7, 11) is 0. The van der Waals surface area contributed by atoms with Crippen LogP contribution in [0.3, 0.4) is 0 Å². The van der Waals surface area contributed by atoms with Gasteiger partial charge >= 0.3 is 5.97 Å². The van der Waals surface area contributed by atoms with Gasteiger partial charge in [0.2, 0.25) is 0 Å². The third kappa shape index (κ3) is 5.57. The van der Waals surface area contributed by atoms with Gasteiger partial charge < -0.3 is 15.4 Å². The Balaban J connectivity index is 2.62. The third-order valence-corrected chi connectivity index (χ3v) is 2.96. The van der Waals surface area contributed by atoms with E-state index in [0.29, 0.717) is 25.5 Å². The quantitative estimate of drug-likeness (QED) is 0.539. The lowest BCUT2D eigenvalue weighted by Crippen LogP contribution is -2.13. The van der Waals surface area contributed by atoms with Crippen LogP contribution in [0.15, 0.2) is 6.33 Å². The molecule has 0 atom stereocenters. The molecule has 0 fully saturated rings. The minimum atomic E-state index is -0.153. The number of nitrogens with zero attached hydrogens (tertiary/aromatic N) is 2. The van der Waals surface area contributed by atoms with Crippen molar-refractivity contribution in [3.8, 4) is 0 Å². The highest BCUT2D eigenvalue weighted by molar-refractivity contribution is 5.69. The van der Waals surface area contributed by atoms with Gasteiger partial charge in [0.15, 0.2) is 0 Å². The van der Waals surface area contributed by atoms with Crippen LogP contribution in [-0.2, 0) is 9.53 Å². The largest absolute Gasteiger partial charge is 0.466 e. The summed E-state index contributed by atoms with van der Waals surface area (Å²) in [4.78, 5) is 19.9. The Labute approximate surface area is 126 Å². The van der Waals surface area contributed by atoms with Gasteiger partial charge in [-0.1, -0.05) is 13.8 Å². The molecule has 21 heavy (non-hydrogen) atoms. The van der Waals surface area contributed by atoms with E-state index in [1.54, 1.807) is 6.33 Å². The maximum atomic E-state index is 11.3. The molecule has 0 unspecified atom stereocenters. The van der Waals surface area contributed by atoms with E-state index in [0.717, 1.165) is 30.2 Å². The van der Waals surface area contributed by atoms with Crippen molar-refractivity contribution in [2.75, 3.05) is 30.3 Å². The monoisotopic (exact) mass is 294 g/mol. The summed E-state index contributed by atoms with van der Waals surface area (Å²) in [6.07, 6.45) is 2.69. The zero-order valence-electron chi connectivity index (χ0n) is 13.4. The van der Waals surface area contributed by atoms with Crippen molar-refractivity contribution in [2.45, 2.75) is 46.5 Å². The molecule has 0 radical (unpaired) electrons. The fourth-order valence-electron chi connectivity index (χ4n) is 2.06. The predicted molar refractivity (Wildman–Crippen MR) is 84.6 cm³/mol. The van der Waals surface area contributed by atoms with Gasteiger partial charge in [0.05, 0.1) is 6.61 Å². The van der Waals surface area contributed by atoms with Crippen molar-refractivity contribution in [3.63, 3.8) is 0 Å². The van der Waals surface area contributed by atoms with Gasteiger partial charge in [-0.05, 0) is 26.2 Å². The molecule has 0 saturated carbocycles. The van der Waals surface area contributed by atoms with Gasteiger partial charge in [0, 0.05) is 25.1 Å². The molecule has 0 aliphatic rings. The first kappa shape index (κ1) is 17.2. The van der Waals surface area contributed by atoms with Gasteiger partial charge in [-0.15, -0.1) is 0 Å². The molecule has 1 aromatic heterocycles. The number of carbonyl (C=O) groups excluding carboxylic acids is 1. The van der Waals surface area contributed by atoms with Crippen LogP contribution in [0.2, 0.25) is 0 Å². The Morgan fingerprint density at radius 3 is 2.48 bits per heavy atom. The van der Waals surface area contributed by atoms with Crippen LogP contribution in [-0.4, -0.2) is 35.6 Å². The van der Waals surface area contributed by atoms with Crippen molar-refractivity contribution in [3.05, 3.63) is 11.9 Å². The number of hydrogen-bond acceptors (Lipinski definition) is 6. The SMILES string of the molecule is CCNc1ncnc(NCCCC(=O)OCC)c1C(C)C. The molecular formula is C15H26N4O2. The Hall–Kier alpha value is -1.85. The van der Waals surface area contributed by atoms with Crippen molar-refractivity contribution in [1.82, 2.24) is 9.97 Å². The van der Waals surface area contributed by atoms with E-state index >= 15 is 0 Å². The molecule has 1 rings (SSSR count). The lowest BCUT2D eigenvalue weighted by molar-refractivity contribution is -0.143. The average Bonchev–Trinajstić information content (AvgIpc) is 2.44. The first-order chi connectivity index (χ1) is 10.1. The van der Waals surface area contributed by atoms with E-state index in [-0.39, 0.29) is 5.97 Å². The van der Waals surface area contributed by atoms with Crippen molar-refractivity contribution in [2.24, 2.45) is 0 Å². The molecule has 0 bridgehead atoms. The molecular weight excluding hydrogens is 268 g/mol. The molecule has 0 aliphatic carbocycles. The number of carbonyl (C=O) groups is 1. The van der Waals surface area contributed by atoms with Crippen molar-refractivity contribution in [1.29, 1.82) is 0 Å². The fourth-order valence-corrected chi connectivity index (χ4v) is 2.06. The van der Waals surface area contributed by atoms with Crippen LogP contribution in [0.4, 0.5) is 11.6 Å². The first-order valence-electron chi connectivity index (χ1n) is 7.58. The minimum Gasteiger partial charge on any atom is -0.466 e. The van der Waals surface area contributed by atoms with E-state index < -0.39 is 0 Å². The highest BCUT2D eigenvalue weighted by Crippen LogP contribution is 2.28. The summed E-state index contributed by atoms with van der Waals surface area (Å²) in [6, 6.07) is 0. The molecule has 0 aliphatic heterocycles. The lowest BCUT2D eigenvalue weighted by atomic mass is 10.0. The van der Waals surface area contributed by atoms with E-state index in [9.17, 15) is 4.79 Å². The Morgan fingerprint density at radius 2 is 1.90 bits per heavy atom. The summed E-state index contributed by atoms with van der Waals surface area (Å²) in [5.74, 6) is 1.86. The number of rotatable bonds is 9. The van der Waals surface area contributed by atoms with E-state index in [4.69, 9.17) is 4.74 Å². The van der Waals surface area contributed by atoms with E-state index in [1.165, 1.54) is 0 Å². The van der Waals surface area contributed by atoms with Gasteiger partial charge in [0.25, 0.3) is 0 Å². The summed E-state index contributed by atoms with van der Waals surface area (Å²) in [5.41, 5.74) is 1.08. The second-order valence-corrected chi connectivity index (χ2v) is 5.00. The molecule has 0 saturated heterocycles. The van der Waals surface area contributed by atoms with Gasteiger partial charge in [-0.2, -0.15) is 0 Å². The maximum Gasteiger partial charge on any atom is 0.305 e. The second kappa shape index (κ2) is 9.15.